The molecular weight excluding hydrogens is 430 g/mol. The van der Waals surface area contributed by atoms with Crippen molar-refractivity contribution in [2.24, 2.45) is 0 Å². The molecule has 8 nitrogen and oxygen atoms in total. The largest absolute Gasteiger partial charge is 0.487 e. The van der Waals surface area contributed by atoms with Gasteiger partial charge >= 0.3 is 0 Å². The van der Waals surface area contributed by atoms with Crippen LogP contribution in [0.2, 0.25) is 5.02 Å². The van der Waals surface area contributed by atoms with E-state index in [0.717, 1.165) is 11.4 Å². The summed E-state index contributed by atoms with van der Waals surface area (Å²) in [6, 6.07) is 16.9. The van der Waals surface area contributed by atoms with Crippen LogP contribution in [0.4, 0.5) is 0 Å². The number of hydrogen-bond acceptors (Lipinski definition) is 6. The first-order chi connectivity index (χ1) is 15.6. The first kappa shape index (κ1) is 20.3. The maximum Gasteiger partial charge on any atom is 0.259 e. The lowest BCUT2D eigenvalue weighted by Gasteiger charge is -2.38. The van der Waals surface area contributed by atoms with E-state index in [2.05, 4.69) is 15.5 Å². The van der Waals surface area contributed by atoms with E-state index in [4.69, 9.17) is 20.9 Å². The van der Waals surface area contributed by atoms with Crippen LogP contribution in [-0.4, -0.2) is 44.0 Å². The second kappa shape index (κ2) is 8.47. The van der Waals surface area contributed by atoms with Crippen LogP contribution in [0.25, 0.3) is 11.3 Å². The molecule has 1 amide bonds. The number of benzene rings is 2. The third-order valence-corrected chi connectivity index (χ3v) is 5.75. The van der Waals surface area contributed by atoms with Crippen molar-refractivity contribution in [2.45, 2.75) is 19.6 Å². The van der Waals surface area contributed by atoms with Gasteiger partial charge < -0.3 is 14.2 Å². The van der Waals surface area contributed by atoms with Gasteiger partial charge in [0.25, 0.3) is 5.91 Å². The summed E-state index contributed by atoms with van der Waals surface area (Å²) >= 11 is 6.31. The third kappa shape index (κ3) is 3.85. The molecule has 4 aromatic rings. The quantitative estimate of drug-likeness (QED) is 0.439. The maximum absolute atomic E-state index is 13.2. The molecule has 0 radical (unpaired) electrons. The van der Waals surface area contributed by atoms with Gasteiger partial charge in [-0.2, -0.15) is 0 Å². The summed E-state index contributed by atoms with van der Waals surface area (Å²) in [5, 5.41) is 13.0. The lowest BCUT2D eigenvalue weighted by atomic mass is 10.0. The average molecular weight is 450 g/mol. The number of aromatic nitrogens is 4. The highest BCUT2D eigenvalue weighted by molar-refractivity contribution is 6.33. The van der Waals surface area contributed by atoms with Gasteiger partial charge in [-0.05, 0) is 25.1 Å². The molecule has 0 unspecified atom stereocenters. The molecule has 2 aromatic heterocycles. The van der Waals surface area contributed by atoms with Crippen LogP contribution in [0.1, 0.15) is 27.9 Å². The molecule has 162 valence electrons. The van der Waals surface area contributed by atoms with Gasteiger partial charge in [0, 0.05) is 18.7 Å². The van der Waals surface area contributed by atoms with E-state index >= 15 is 0 Å². The number of aryl methyl sites for hydroxylation is 1. The highest BCUT2D eigenvalue weighted by Gasteiger charge is 2.36. The fraction of sp³-hybridized carbons (Fsp3) is 0.217. The summed E-state index contributed by atoms with van der Waals surface area (Å²) in [6.45, 7) is 3.11. The number of halogens is 1. The minimum Gasteiger partial charge on any atom is -0.487 e. The Morgan fingerprint density at radius 1 is 1.16 bits per heavy atom. The normalized spacial score (nSPS) is 13.8. The van der Waals surface area contributed by atoms with Crippen molar-refractivity contribution in [3.05, 3.63) is 82.8 Å². The van der Waals surface area contributed by atoms with Gasteiger partial charge in [-0.25, -0.2) is 4.68 Å². The second-order valence-electron chi connectivity index (χ2n) is 7.60. The Bertz CT molecular complexity index is 1250. The van der Waals surface area contributed by atoms with Crippen LogP contribution in [-0.2, 0) is 6.61 Å². The van der Waals surface area contributed by atoms with Crippen molar-refractivity contribution in [2.75, 3.05) is 13.1 Å². The summed E-state index contributed by atoms with van der Waals surface area (Å²) < 4.78 is 12.8. The summed E-state index contributed by atoms with van der Waals surface area (Å²) in [7, 11) is 0. The topological polar surface area (TPSA) is 86.3 Å². The minimum absolute atomic E-state index is 0.0563. The lowest BCUT2D eigenvalue weighted by Crippen LogP contribution is -2.51. The molecule has 5 rings (SSSR count). The van der Waals surface area contributed by atoms with E-state index in [0.29, 0.717) is 47.3 Å². The van der Waals surface area contributed by atoms with Crippen LogP contribution in [0.3, 0.4) is 0 Å². The SMILES string of the molecule is Cc1onc(-c2ccccc2Cl)c1C(=O)N1CC(n2cc(COc3ccccc3)nn2)C1. The van der Waals surface area contributed by atoms with E-state index in [1.165, 1.54) is 0 Å². The molecule has 0 bridgehead atoms. The number of ether oxygens (including phenoxy) is 1. The Balaban J connectivity index is 1.24. The second-order valence-corrected chi connectivity index (χ2v) is 8.00. The number of carbonyl (C=O) groups is 1. The summed E-state index contributed by atoms with van der Waals surface area (Å²) in [5.74, 6) is 1.11. The van der Waals surface area contributed by atoms with Crippen LogP contribution in [0.5, 0.6) is 5.75 Å². The molecule has 1 aliphatic rings. The zero-order valence-corrected chi connectivity index (χ0v) is 18.1. The molecule has 1 fully saturated rings. The summed E-state index contributed by atoms with van der Waals surface area (Å²) in [4.78, 5) is 14.9. The molecule has 0 spiro atoms. The van der Waals surface area contributed by atoms with E-state index in [1.807, 2.05) is 54.7 Å². The molecule has 0 aliphatic carbocycles. The molecule has 2 aromatic carbocycles. The molecule has 1 saturated heterocycles. The third-order valence-electron chi connectivity index (χ3n) is 5.42. The zero-order chi connectivity index (χ0) is 22.1. The number of carbonyl (C=O) groups excluding carboxylic acids is 1. The van der Waals surface area contributed by atoms with Gasteiger partial charge in [0.2, 0.25) is 0 Å². The number of hydrogen-bond donors (Lipinski definition) is 0. The van der Waals surface area contributed by atoms with Gasteiger partial charge in [0.1, 0.15) is 35.1 Å². The van der Waals surface area contributed by atoms with E-state index in [1.54, 1.807) is 22.6 Å². The van der Waals surface area contributed by atoms with E-state index in [9.17, 15) is 4.79 Å². The summed E-state index contributed by atoms with van der Waals surface area (Å²) in [6.07, 6.45) is 1.86. The van der Waals surface area contributed by atoms with Crippen molar-refractivity contribution in [1.29, 1.82) is 0 Å². The van der Waals surface area contributed by atoms with Gasteiger partial charge in [-0.1, -0.05) is 58.4 Å². The molecule has 32 heavy (non-hydrogen) atoms. The highest BCUT2D eigenvalue weighted by atomic mass is 35.5. The number of rotatable bonds is 6. The smallest absolute Gasteiger partial charge is 0.259 e. The predicted octanol–water partition coefficient (Wildman–Crippen LogP) is 4.17. The summed E-state index contributed by atoms with van der Waals surface area (Å²) in [5.41, 5.74) is 2.30. The molecule has 3 heterocycles. The van der Waals surface area contributed by atoms with Crippen molar-refractivity contribution in [3.63, 3.8) is 0 Å². The molecule has 0 N–H and O–H groups in total. The molecule has 9 heteroatoms. The zero-order valence-electron chi connectivity index (χ0n) is 17.3. The van der Waals surface area contributed by atoms with Crippen LogP contribution in [0, 0.1) is 6.92 Å². The Hall–Kier alpha value is -3.65. The molecule has 1 aliphatic heterocycles. The molecule has 0 atom stereocenters. The first-order valence-corrected chi connectivity index (χ1v) is 10.6. The Kier molecular flexibility index (Phi) is 5.36. The van der Waals surface area contributed by atoms with E-state index in [-0.39, 0.29) is 11.9 Å². The fourth-order valence-corrected chi connectivity index (χ4v) is 3.86. The highest BCUT2D eigenvalue weighted by Crippen LogP contribution is 2.33. The maximum atomic E-state index is 13.2. The van der Waals surface area contributed by atoms with Gasteiger partial charge in [0.05, 0.1) is 17.3 Å². The molecular formula is C23H20ClN5O3. The van der Waals surface area contributed by atoms with Crippen molar-refractivity contribution < 1.29 is 14.1 Å². The van der Waals surface area contributed by atoms with Crippen molar-refractivity contribution in [3.8, 4) is 17.0 Å². The lowest BCUT2D eigenvalue weighted by molar-refractivity contribution is 0.0497. The Labute approximate surface area is 189 Å². The van der Waals surface area contributed by atoms with Crippen molar-refractivity contribution >= 4 is 17.5 Å². The first-order valence-electron chi connectivity index (χ1n) is 10.2. The van der Waals surface area contributed by atoms with E-state index < -0.39 is 0 Å². The van der Waals surface area contributed by atoms with Gasteiger partial charge in [-0.3, -0.25) is 4.79 Å². The number of likely N-dealkylation sites (tertiary alicyclic amines) is 1. The predicted molar refractivity (Wildman–Crippen MR) is 117 cm³/mol. The van der Waals surface area contributed by atoms with Gasteiger partial charge in [-0.15, -0.1) is 5.10 Å². The fourth-order valence-electron chi connectivity index (χ4n) is 3.64. The average Bonchev–Trinajstić information content (AvgIpc) is 3.39. The van der Waals surface area contributed by atoms with Gasteiger partial charge in [0.15, 0.2) is 0 Å². The van der Waals surface area contributed by atoms with Crippen LogP contribution < -0.4 is 4.74 Å². The molecule has 0 saturated carbocycles. The number of amides is 1. The van der Waals surface area contributed by atoms with Crippen LogP contribution in [0.15, 0.2) is 65.3 Å². The Morgan fingerprint density at radius 2 is 1.91 bits per heavy atom. The number of nitrogens with zero attached hydrogens (tertiary/aromatic N) is 5. The Morgan fingerprint density at radius 3 is 2.69 bits per heavy atom. The number of para-hydroxylation sites is 1. The minimum atomic E-state index is -0.136. The monoisotopic (exact) mass is 449 g/mol. The van der Waals surface area contributed by atoms with Crippen LogP contribution >= 0.6 is 11.6 Å². The standard InChI is InChI=1S/C23H20ClN5O3/c1-15-21(22(26-32-15)19-9-5-6-10-20(19)24)23(30)28-12-17(13-28)29-11-16(25-27-29)14-31-18-7-3-2-4-8-18/h2-11,17H,12-14H2,1H3. The van der Waals surface area contributed by atoms with Crippen molar-refractivity contribution in [1.82, 2.24) is 25.1 Å².